The predicted octanol–water partition coefficient (Wildman–Crippen LogP) is 1.33. The van der Waals surface area contributed by atoms with Crippen molar-refractivity contribution in [1.82, 2.24) is 5.32 Å². The van der Waals surface area contributed by atoms with Crippen molar-refractivity contribution >= 4 is 11.9 Å². The Labute approximate surface area is 93.6 Å². The minimum atomic E-state index is -1.12. The number of hydrogen-bond donors (Lipinski definition) is 2. The fourth-order valence-corrected chi connectivity index (χ4v) is 1.17. The molecule has 0 fully saturated rings. The van der Waals surface area contributed by atoms with Gasteiger partial charge in [0.15, 0.2) is 0 Å². The molecule has 1 aromatic rings. The smallest absolute Gasteiger partial charge is 0.328 e. The van der Waals surface area contributed by atoms with Crippen LogP contribution in [0.15, 0.2) is 42.0 Å². The number of carboxylic acids is 1. The van der Waals surface area contributed by atoms with E-state index in [0.29, 0.717) is 6.54 Å². The van der Waals surface area contributed by atoms with Gasteiger partial charge in [0.1, 0.15) is 0 Å². The summed E-state index contributed by atoms with van der Waals surface area (Å²) in [4.78, 5) is 21.7. The maximum Gasteiger partial charge on any atom is 0.328 e. The zero-order valence-electron chi connectivity index (χ0n) is 8.93. The summed E-state index contributed by atoms with van der Waals surface area (Å²) in [5, 5.41) is 11.1. The highest BCUT2D eigenvalue weighted by Gasteiger charge is 2.05. The van der Waals surface area contributed by atoms with Gasteiger partial charge in [0, 0.05) is 18.2 Å². The highest BCUT2D eigenvalue weighted by Crippen LogP contribution is 1.99. The van der Waals surface area contributed by atoms with Gasteiger partial charge in [-0.1, -0.05) is 30.3 Å². The second kappa shape index (κ2) is 5.70. The van der Waals surface area contributed by atoms with Crippen LogP contribution in [0.3, 0.4) is 0 Å². The van der Waals surface area contributed by atoms with Crippen LogP contribution in [0, 0.1) is 0 Å². The van der Waals surface area contributed by atoms with E-state index in [-0.39, 0.29) is 11.5 Å². The molecule has 0 bridgehead atoms. The monoisotopic (exact) mass is 219 g/mol. The molecule has 2 N–H and O–H groups in total. The Hall–Kier alpha value is -2.10. The van der Waals surface area contributed by atoms with E-state index < -0.39 is 5.97 Å². The normalized spacial score (nSPS) is 10.9. The molecule has 0 heterocycles. The first kappa shape index (κ1) is 12.0. The summed E-state index contributed by atoms with van der Waals surface area (Å²) < 4.78 is 0. The third kappa shape index (κ3) is 3.96. The molecule has 4 nitrogen and oxygen atoms in total. The number of nitrogens with one attached hydrogen (secondary N) is 1. The van der Waals surface area contributed by atoms with E-state index in [2.05, 4.69) is 5.32 Å². The maximum absolute atomic E-state index is 11.4. The lowest BCUT2D eigenvalue weighted by Gasteiger charge is -2.04. The minimum Gasteiger partial charge on any atom is -0.478 e. The van der Waals surface area contributed by atoms with Gasteiger partial charge >= 0.3 is 5.97 Å². The quantitative estimate of drug-likeness (QED) is 0.751. The topological polar surface area (TPSA) is 66.4 Å². The van der Waals surface area contributed by atoms with Crippen molar-refractivity contribution in [3.63, 3.8) is 0 Å². The second-order valence-electron chi connectivity index (χ2n) is 3.33. The standard InChI is InChI=1S/C12H13NO3/c1-9(7-11(14)15)12(16)13-8-10-5-3-2-4-6-10/h2-7H,8H2,1H3,(H,13,16)(H,14,15). The van der Waals surface area contributed by atoms with E-state index >= 15 is 0 Å². The molecule has 0 aliphatic heterocycles. The molecule has 0 saturated carbocycles. The van der Waals surface area contributed by atoms with Crippen LogP contribution in [0.1, 0.15) is 12.5 Å². The van der Waals surface area contributed by atoms with Crippen LogP contribution in [0.2, 0.25) is 0 Å². The van der Waals surface area contributed by atoms with E-state index in [9.17, 15) is 9.59 Å². The van der Waals surface area contributed by atoms with Gasteiger partial charge in [-0.25, -0.2) is 4.79 Å². The van der Waals surface area contributed by atoms with Crippen LogP contribution in [0.4, 0.5) is 0 Å². The number of carbonyl (C=O) groups excluding carboxylic acids is 1. The van der Waals surface area contributed by atoms with E-state index in [1.54, 1.807) is 0 Å². The summed E-state index contributed by atoms with van der Waals surface area (Å²) in [6, 6.07) is 9.41. The molecule has 1 amide bonds. The first-order valence-corrected chi connectivity index (χ1v) is 4.83. The van der Waals surface area contributed by atoms with Gasteiger partial charge in [-0.15, -0.1) is 0 Å². The summed E-state index contributed by atoms with van der Waals surface area (Å²) in [5.74, 6) is -1.49. The number of benzene rings is 1. The van der Waals surface area contributed by atoms with Gasteiger partial charge in [0.25, 0.3) is 0 Å². The van der Waals surface area contributed by atoms with Gasteiger partial charge in [0.2, 0.25) is 5.91 Å². The Balaban J connectivity index is 2.51. The van der Waals surface area contributed by atoms with Crippen molar-refractivity contribution in [3.05, 3.63) is 47.5 Å². The van der Waals surface area contributed by atoms with Crippen molar-refractivity contribution in [3.8, 4) is 0 Å². The lowest BCUT2D eigenvalue weighted by Crippen LogP contribution is -2.23. The molecule has 0 aliphatic rings. The fraction of sp³-hybridized carbons (Fsp3) is 0.167. The third-order valence-corrected chi connectivity index (χ3v) is 1.99. The Kier molecular flexibility index (Phi) is 4.27. The van der Waals surface area contributed by atoms with Gasteiger partial charge < -0.3 is 10.4 Å². The number of rotatable bonds is 4. The first-order valence-electron chi connectivity index (χ1n) is 4.83. The summed E-state index contributed by atoms with van der Waals surface area (Å²) in [6.45, 7) is 1.86. The summed E-state index contributed by atoms with van der Waals surface area (Å²) in [7, 11) is 0. The lowest BCUT2D eigenvalue weighted by atomic mass is 10.2. The van der Waals surface area contributed by atoms with Crippen LogP contribution in [-0.2, 0) is 16.1 Å². The van der Waals surface area contributed by atoms with Crippen molar-refractivity contribution in [1.29, 1.82) is 0 Å². The predicted molar refractivity (Wildman–Crippen MR) is 59.7 cm³/mol. The molecular formula is C12H13NO3. The van der Waals surface area contributed by atoms with E-state index in [1.807, 2.05) is 30.3 Å². The van der Waals surface area contributed by atoms with E-state index in [1.165, 1.54) is 6.92 Å². The SMILES string of the molecule is CC(=CC(=O)O)C(=O)NCc1ccccc1. The highest BCUT2D eigenvalue weighted by molar-refractivity contribution is 5.98. The molecule has 1 aromatic carbocycles. The molecule has 0 aliphatic carbocycles. The molecule has 0 spiro atoms. The zero-order chi connectivity index (χ0) is 12.0. The number of carbonyl (C=O) groups is 2. The lowest BCUT2D eigenvalue weighted by molar-refractivity contribution is -0.131. The Bertz CT molecular complexity index is 410. The van der Waals surface area contributed by atoms with Crippen molar-refractivity contribution < 1.29 is 14.7 Å². The molecule has 84 valence electrons. The van der Waals surface area contributed by atoms with Gasteiger partial charge in [-0.2, -0.15) is 0 Å². The van der Waals surface area contributed by atoms with Gasteiger partial charge in [-0.05, 0) is 12.5 Å². The third-order valence-electron chi connectivity index (χ3n) is 1.99. The van der Waals surface area contributed by atoms with Crippen molar-refractivity contribution in [2.24, 2.45) is 0 Å². The molecular weight excluding hydrogens is 206 g/mol. The molecule has 16 heavy (non-hydrogen) atoms. The average Bonchev–Trinajstić information content (AvgIpc) is 2.26. The molecule has 0 atom stereocenters. The number of aliphatic carboxylic acids is 1. The Morgan fingerprint density at radius 3 is 2.50 bits per heavy atom. The molecule has 0 radical (unpaired) electrons. The highest BCUT2D eigenvalue weighted by atomic mass is 16.4. The van der Waals surface area contributed by atoms with Crippen LogP contribution in [-0.4, -0.2) is 17.0 Å². The van der Waals surface area contributed by atoms with E-state index in [0.717, 1.165) is 11.6 Å². The Morgan fingerprint density at radius 2 is 1.94 bits per heavy atom. The zero-order valence-corrected chi connectivity index (χ0v) is 8.93. The summed E-state index contributed by atoms with van der Waals surface area (Å²) in [5.41, 5.74) is 1.16. The largest absolute Gasteiger partial charge is 0.478 e. The van der Waals surface area contributed by atoms with E-state index in [4.69, 9.17) is 5.11 Å². The fourth-order valence-electron chi connectivity index (χ4n) is 1.17. The van der Waals surface area contributed by atoms with Crippen molar-refractivity contribution in [2.75, 3.05) is 0 Å². The number of amides is 1. The van der Waals surface area contributed by atoms with Crippen LogP contribution in [0.25, 0.3) is 0 Å². The Morgan fingerprint density at radius 1 is 1.31 bits per heavy atom. The number of hydrogen-bond acceptors (Lipinski definition) is 2. The minimum absolute atomic E-state index is 0.184. The average molecular weight is 219 g/mol. The van der Waals surface area contributed by atoms with Crippen molar-refractivity contribution in [2.45, 2.75) is 13.5 Å². The molecule has 1 rings (SSSR count). The maximum atomic E-state index is 11.4. The van der Waals surface area contributed by atoms with Gasteiger partial charge in [0.05, 0.1) is 0 Å². The summed E-state index contributed by atoms with van der Waals surface area (Å²) in [6.07, 6.45) is 0.889. The summed E-state index contributed by atoms with van der Waals surface area (Å²) >= 11 is 0. The van der Waals surface area contributed by atoms with Crippen LogP contribution in [0.5, 0.6) is 0 Å². The molecule has 0 unspecified atom stereocenters. The first-order chi connectivity index (χ1) is 7.59. The molecule has 0 aromatic heterocycles. The second-order valence-corrected chi connectivity index (χ2v) is 3.33. The molecule has 0 saturated heterocycles. The van der Waals surface area contributed by atoms with Crippen LogP contribution < -0.4 is 5.32 Å². The van der Waals surface area contributed by atoms with Crippen LogP contribution >= 0.6 is 0 Å². The molecule has 4 heteroatoms. The van der Waals surface area contributed by atoms with Gasteiger partial charge in [-0.3, -0.25) is 4.79 Å². The number of carboxylic acid groups (broad SMARTS) is 1.